The van der Waals surface area contributed by atoms with Gasteiger partial charge in [-0.3, -0.25) is 0 Å². The number of esters is 1. The van der Waals surface area contributed by atoms with Crippen LogP contribution in [0.1, 0.15) is 16.3 Å². The van der Waals surface area contributed by atoms with E-state index in [1.807, 2.05) is 0 Å². The second-order valence-corrected chi connectivity index (χ2v) is 4.71. The number of aromatic hydroxyl groups is 1. The molecule has 20 heavy (non-hydrogen) atoms. The second-order valence-electron chi connectivity index (χ2n) is 3.90. The molecule has 2 rings (SSSR count). The summed E-state index contributed by atoms with van der Waals surface area (Å²) < 4.78 is 9.83. The number of anilines is 1. The van der Waals surface area contributed by atoms with Crippen LogP contribution in [0.3, 0.4) is 0 Å². The van der Waals surface area contributed by atoms with E-state index in [4.69, 9.17) is 27.6 Å². The van der Waals surface area contributed by atoms with Gasteiger partial charge in [0.2, 0.25) is 5.76 Å². The highest BCUT2D eigenvalue weighted by Crippen LogP contribution is 2.34. The van der Waals surface area contributed by atoms with E-state index in [1.54, 1.807) is 6.07 Å². The van der Waals surface area contributed by atoms with E-state index in [0.717, 1.165) is 0 Å². The van der Waals surface area contributed by atoms with Crippen molar-refractivity contribution in [1.82, 2.24) is 0 Å². The van der Waals surface area contributed by atoms with Gasteiger partial charge in [-0.15, -0.1) is 0 Å². The highest BCUT2D eigenvalue weighted by atomic mass is 35.5. The van der Waals surface area contributed by atoms with Crippen molar-refractivity contribution < 1.29 is 19.1 Å². The van der Waals surface area contributed by atoms with E-state index in [1.165, 1.54) is 25.3 Å². The van der Waals surface area contributed by atoms with Gasteiger partial charge in [0.1, 0.15) is 5.76 Å². The second kappa shape index (κ2) is 6.07. The Balaban J connectivity index is 2.05. The Morgan fingerprint density at radius 1 is 1.35 bits per heavy atom. The Hall–Kier alpha value is -1.85. The van der Waals surface area contributed by atoms with E-state index >= 15 is 0 Å². The lowest BCUT2D eigenvalue weighted by Gasteiger charge is -2.07. The minimum Gasteiger partial charge on any atom is -0.505 e. The predicted octanol–water partition coefficient (Wildman–Crippen LogP) is 3.69. The molecule has 0 aliphatic rings. The minimum atomic E-state index is -0.535. The first-order valence-corrected chi connectivity index (χ1v) is 6.35. The molecule has 1 aromatic heterocycles. The van der Waals surface area contributed by atoms with Gasteiger partial charge in [-0.25, -0.2) is 4.79 Å². The van der Waals surface area contributed by atoms with Crippen LogP contribution >= 0.6 is 23.2 Å². The highest BCUT2D eigenvalue weighted by Gasteiger charge is 2.11. The molecule has 0 atom stereocenters. The fourth-order valence-corrected chi connectivity index (χ4v) is 2.03. The Morgan fingerprint density at radius 3 is 2.60 bits per heavy atom. The number of rotatable bonds is 4. The van der Waals surface area contributed by atoms with Crippen LogP contribution in [0, 0.1) is 0 Å². The number of nitrogens with one attached hydrogen (secondary N) is 1. The smallest absolute Gasteiger partial charge is 0.373 e. The van der Waals surface area contributed by atoms with Crippen LogP contribution in [0.4, 0.5) is 5.69 Å². The van der Waals surface area contributed by atoms with Crippen molar-refractivity contribution in [3.8, 4) is 5.75 Å². The molecule has 0 fully saturated rings. The lowest BCUT2D eigenvalue weighted by atomic mass is 10.3. The number of benzene rings is 1. The third kappa shape index (κ3) is 3.18. The fraction of sp³-hybridized carbons (Fsp3) is 0.154. The average molecular weight is 316 g/mol. The number of phenols is 1. The van der Waals surface area contributed by atoms with Crippen LogP contribution in [-0.2, 0) is 11.3 Å². The molecule has 0 unspecified atom stereocenters. The maximum atomic E-state index is 11.2. The van der Waals surface area contributed by atoms with E-state index in [-0.39, 0.29) is 21.6 Å². The SMILES string of the molecule is COC(=O)c1ccc(CNc2cc(Cl)c(O)c(Cl)c2)o1. The lowest BCUT2D eigenvalue weighted by Crippen LogP contribution is -2.00. The van der Waals surface area contributed by atoms with Gasteiger partial charge in [0, 0.05) is 5.69 Å². The van der Waals surface area contributed by atoms with Gasteiger partial charge >= 0.3 is 5.97 Å². The first kappa shape index (κ1) is 14.6. The average Bonchev–Trinajstić information content (AvgIpc) is 2.90. The molecule has 0 spiro atoms. The van der Waals surface area contributed by atoms with Crippen LogP contribution in [-0.4, -0.2) is 18.2 Å². The molecule has 1 aromatic carbocycles. The van der Waals surface area contributed by atoms with Crippen molar-refractivity contribution in [1.29, 1.82) is 0 Å². The molecule has 0 aliphatic carbocycles. The van der Waals surface area contributed by atoms with Gasteiger partial charge < -0.3 is 19.6 Å². The van der Waals surface area contributed by atoms with E-state index in [9.17, 15) is 9.90 Å². The molecule has 5 nitrogen and oxygen atoms in total. The summed E-state index contributed by atoms with van der Waals surface area (Å²) in [4.78, 5) is 11.2. The summed E-state index contributed by atoms with van der Waals surface area (Å²) in [6.07, 6.45) is 0. The van der Waals surface area contributed by atoms with Crippen LogP contribution < -0.4 is 5.32 Å². The molecule has 0 bridgehead atoms. The first-order chi connectivity index (χ1) is 9.51. The van der Waals surface area contributed by atoms with Crippen molar-refractivity contribution in [2.24, 2.45) is 0 Å². The van der Waals surface area contributed by atoms with Gasteiger partial charge in [0.05, 0.1) is 23.7 Å². The summed E-state index contributed by atoms with van der Waals surface area (Å²) in [5, 5.41) is 12.8. The fourth-order valence-electron chi connectivity index (χ4n) is 1.54. The number of halogens is 2. The van der Waals surface area contributed by atoms with Crippen LogP contribution in [0.5, 0.6) is 5.75 Å². The number of phenolic OH excluding ortho intramolecular Hbond substituents is 1. The molecule has 0 aliphatic heterocycles. The number of carbonyl (C=O) groups is 1. The normalized spacial score (nSPS) is 10.3. The maximum Gasteiger partial charge on any atom is 0.373 e. The molecule has 7 heteroatoms. The van der Waals surface area contributed by atoms with Crippen LogP contribution in [0.25, 0.3) is 0 Å². The zero-order chi connectivity index (χ0) is 14.7. The van der Waals surface area contributed by atoms with Crippen molar-refractivity contribution in [3.05, 3.63) is 45.8 Å². The lowest BCUT2D eigenvalue weighted by molar-refractivity contribution is 0.0563. The van der Waals surface area contributed by atoms with Gasteiger partial charge in [0.25, 0.3) is 0 Å². The van der Waals surface area contributed by atoms with E-state index < -0.39 is 5.97 Å². The topological polar surface area (TPSA) is 71.7 Å². The molecule has 2 N–H and O–H groups in total. The summed E-state index contributed by atoms with van der Waals surface area (Å²) in [6.45, 7) is 0.328. The largest absolute Gasteiger partial charge is 0.505 e. The van der Waals surface area contributed by atoms with E-state index in [0.29, 0.717) is 18.0 Å². The Morgan fingerprint density at radius 2 is 2.00 bits per heavy atom. The highest BCUT2D eigenvalue weighted by molar-refractivity contribution is 6.37. The molecular weight excluding hydrogens is 305 g/mol. The summed E-state index contributed by atoms with van der Waals surface area (Å²) in [6, 6.07) is 6.25. The number of hydrogen-bond acceptors (Lipinski definition) is 5. The molecule has 1 heterocycles. The Labute approximate surface area is 125 Å². The number of carbonyl (C=O) groups excluding carboxylic acids is 1. The standard InChI is InChI=1S/C13H11Cl2NO4/c1-19-13(18)11-3-2-8(20-11)6-16-7-4-9(14)12(17)10(15)5-7/h2-5,16-17H,6H2,1H3. The third-order valence-corrected chi connectivity index (χ3v) is 3.11. The van der Waals surface area contributed by atoms with Crippen LogP contribution in [0.15, 0.2) is 28.7 Å². The van der Waals surface area contributed by atoms with Crippen molar-refractivity contribution in [2.45, 2.75) is 6.54 Å². The summed E-state index contributed by atoms with van der Waals surface area (Å²) in [5.41, 5.74) is 0.619. The molecule has 2 aromatic rings. The quantitative estimate of drug-likeness (QED) is 0.665. The summed E-state index contributed by atoms with van der Waals surface area (Å²) in [5.74, 6) is -0.0198. The molecule has 0 radical (unpaired) electrons. The molecule has 0 saturated carbocycles. The predicted molar refractivity (Wildman–Crippen MR) is 75.5 cm³/mol. The number of ether oxygens (including phenoxy) is 1. The first-order valence-electron chi connectivity index (χ1n) is 5.60. The summed E-state index contributed by atoms with van der Waals surface area (Å²) in [7, 11) is 1.28. The Bertz CT molecular complexity index is 616. The van der Waals surface area contributed by atoms with Gasteiger partial charge in [-0.1, -0.05) is 23.2 Å². The zero-order valence-electron chi connectivity index (χ0n) is 10.4. The maximum absolute atomic E-state index is 11.2. The summed E-state index contributed by atoms with van der Waals surface area (Å²) >= 11 is 11.6. The van der Waals surface area contributed by atoms with Crippen molar-refractivity contribution in [3.63, 3.8) is 0 Å². The number of methoxy groups -OCH3 is 1. The van der Waals surface area contributed by atoms with Crippen molar-refractivity contribution >= 4 is 34.9 Å². The zero-order valence-corrected chi connectivity index (χ0v) is 12.0. The minimum absolute atomic E-state index is 0.131. The number of hydrogen-bond donors (Lipinski definition) is 2. The molecule has 106 valence electrons. The van der Waals surface area contributed by atoms with Crippen molar-refractivity contribution in [2.75, 3.05) is 12.4 Å². The van der Waals surface area contributed by atoms with Crippen LogP contribution in [0.2, 0.25) is 10.0 Å². The monoisotopic (exact) mass is 315 g/mol. The van der Waals surface area contributed by atoms with Gasteiger partial charge in [-0.2, -0.15) is 0 Å². The third-order valence-electron chi connectivity index (χ3n) is 2.53. The van der Waals surface area contributed by atoms with Gasteiger partial charge in [0.15, 0.2) is 5.75 Å². The van der Waals surface area contributed by atoms with Gasteiger partial charge in [-0.05, 0) is 24.3 Å². The molecule has 0 saturated heterocycles. The molecule has 0 amide bonds. The van der Waals surface area contributed by atoms with E-state index in [2.05, 4.69) is 10.1 Å². The molecular formula is C13H11Cl2NO4. The number of furan rings is 1. The Kier molecular flexibility index (Phi) is 4.42.